The van der Waals surface area contributed by atoms with Crippen LogP contribution in [0.3, 0.4) is 0 Å². The van der Waals surface area contributed by atoms with Gasteiger partial charge in [-0.1, -0.05) is 6.58 Å². The van der Waals surface area contributed by atoms with Crippen LogP contribution < -0.4 is 5.32 Å². The van der Waals surface area contributed by atoms with Crippen molar-refractivity contribution in [1.82, 2.24) is 9.78 Å². The lowest BCUT2D eigenvalue weighted by Gasteiger charge is -2.01. The van der Waals surface area contributed by atoms with Crippen LogP contribution in [0, 0.1) is 0 Å². The normalized spacial score (nSPS) is 9.56. The molecule has 0 fully saturated rings. The maximum Gasteiger partial charge on any atom is 0.327 e. The summed E-state index contributed by atoms with van der Waals surface area (Å²) in [6.45, 7) is 5.41. The third-order valence-corrected chi connectivity index (χ3v) is 1.67. The second-order valence-corrected chi connectivity index (χ2v) is 2.90. The summed E-state index contributed by atoms with van der Waals surface area (Å²) in [7, 11) is 0. The van der Waals surface area contributed by atoms with Crippen molar-refractivity contribution in [2.45, 2.75) is 13.5 Å². The first-order valence-corrected chi connectivity index (χ1v) is 4.78. The molecule has 0 aliphatic heterocycles. The van der Waals surface area contributed by atoms with Gasteiger partial charge in [0, 0.05) is 12.3 Å². The number of carbonyl (C=O) groups excluding carboxylic acids is 2. The van der Waals surface area contributed by atoms with Gasteiger partial charge in [-0.05, 0) is 13.0 Å². The predicted octanol–water partition coefficient (Wildman–Crippen LogP) is 0.571. The molecule has 0 aromatic carbocycles. The molecule has 0 bridgehead atoms. The van der Waals surface area contributed by atoms with Crippen LogP contribution in [0.4, 0.5) is 5.82 Å². The highest BCUT2D eigenvalue weighted by atomic mass is 16.5. The molecule has 0 unspecified atom stereocenters. The SMILES string of the molecule is C=CC(=O)Nc1ccn(CC(=O)OCC)n1. The Morgan fingerprint density at radius 1 is 1.69 bits per heavy atom. The molecule has 6 nitrogen and oxygen atoms in total. The van der Waals surface area contributed by atoms with Crippen molar-refractivity contribution in [3.8, 4) is 0 Å². The van der Waals surface area contributed by atoms with Gasteiger partial charge in [0.2, 0.25) is 5.91 Å². The van der Waals surface area contributed by atoms with Crippen molar-refractivity contribution in [1.29, 1.82) is 0 Å². The number of aromatic nitrogens is 2. The minimum Gasteiger partial charge on any atom is -0.465 e. The van der Waals surface area contributed by atoms with Crippen LogP contribution >= 0.6 is 0 Å². The van der Waals surface area contributed by atoms with Crippen molar-refractivity contribution in [2.24, 2.45) is 0 Å². The van der Waals surface area contributed by atoms with Crippen molar-refractivity contribution >= 4 is 17.7 Å². The van der Waals surface area contributed by atoms with Crippen LogP contribution in [0.2, 0.25) is 0 Å². The summed E-state index contributed by atoms with van der Waals surface area (Å²) in [6.07, 6.45) is 2.72. The molecule has 1 aromatic rings. The van der Waals surface area contributed by atoms with Gasteiger partial charge < -0.3 is 10.1 Å². The predicted molar refractivity (Wildman–Crippen MR) is 57.7 cm³/mol. The van der Waals surface area contributed by atoms with E-state index in [9.17, 15) is 9.59 Å². The first kappa shape index (κ1) is 12.0. The van der Waals surface area contributed by atoms with Gasteiger partial charge in [0.25, 0.3) is 0 Å². The molecule has 1 rings (SSSR count). The fourth-order valence-electron chi connectivity index (χ4n) is 1.03. The lowest BCUT2D eigenvalue weighted by molar-refractivity contribution is -0.144. The summed E-state index contributed by atoms with van der Waals surface area (Å²) >= 11 is 0. The molecule has 16 heavy (non-hydrogen) atoms. The second kappa shape index (κ2) is 5.69. The van der Waals surface area contributed by atoms with E-state index in [2.05, 4.69) is 17.0 Å². The Morgan fingerprint density at radius 3 is 3.06 bits per heavy atom. The Kier molecular flexibility index (Phi) is 4.26. The highest BCUT2D eigenvalue weighted by Crippen LogP contribution is 2.02. The zero-order chi connectivity index (χ0) is 12.0. The molecule has 0 aliphatic carbocycles. The Morgan fingerprint density at radius 2 is 2.44 bits per heavy atom. The number of nitrogens with one attached hydrogen (secondary N) is 1. The number of esters is 1. The van der Waals surface area contributed by atoms with Gasteiger partial charge in [0.05, 0.1) is 6.61 Å². The monoisotopic (exact) mass is 223 g/mol. The van der Waals surface area contributed by atoms with Crippen molar-refractivity contribution in [2.75, 3.05) is 11.9 Å². The number of hydrogen-bond donors (Lipinski definition) is 1. The fraction of sp³-hybridized carbons (Fsp3) is 0.300. The Hall–Kier alpha value is -2.11. The average Bonchev–Trinajstić information content (AvgIpc) is 2.65. The molecule has 86 valence electrons. The largest absolute Gasteiger partial charge is 0.465 e. The van der Waals surface area contributed by atoms with E-state index in [1.54, 1.807) is 19.2 Å². The number of rotatable bonds is 5. The Labute approximate surface area is 92.9 Å². The number of amides is 1. The van der Waals surface area contributed by atoms with Gasteiger partial charge in [-0.15, -0.1) is 0 Å². The molecule has 0 aliphatic rings. The number of nitrogens with zero attached hydrogens (tertiary/aromatic N) is 2. The molecule has 1 amide bonds. The van der Waals surface area contributed by atoms with E-state index in [-0.39, 0.29) is 18.4 Å². The lowest BCUT2D eigenvalue weighted by Crippen LogP contribution is -2.14. The standard InChI is InChI=1S/C10H13N3O3/c1-3-9(14)11-8-5-6-13(12-8)7-10(15)16-4-2/h3,5-6H,1,4,7H2,2H3,(H,11,12,14). The summed E-state index contributed by atoms with van der Waals surface area (Å²) in [4.78, 5) is 22.1. The number of anilines is 1. The van der Waals surface area contributed by atoms with E-state index in [1.807, 2.05) is 0 Å². The number of carbonyl (C=O) groups is 2. The van der Waals surface area contributed by atoms with E-state index in [0.717, 1.165) is 6.08 Å². The number of ether oxygens (including phenoxy) is 1. The summed E-state index contributed by atoms with van der Waals surface area (Å²) in [5.74, 6) is -0.345. The lowest BCUT2D eigenvalue weighted by atomic mass is 10.5. The van der Waals surface area contributed by atoms with E-state index in [1.165, 1.54) is 4.68 Å². The summed E-state index contributed by atoms with van der Waals surface area (Å²) in [6, 6.07) is 1.58. The zero-order valence-corrected chi connectivity index (χ0v) is 8.97. The van der Waals surface area contributed by atoms with Gasteiger partial charge >= 0.3 is 5.97 Å². The highest BCUT2D eigenvalue weighted by molar-refractivity contribution is 5.98. The van der Waals surface area contributed by atoms with Crippen molar-refractivity contribution < 1.29 is 14.3 Å². The van der Waals surface area contributed by atoms with E-state index in [4.69, 9.17) is 4.74 Å². The molecule has 1 heterocycles. The molecule has 0 radical (unpaired) electrons. The molecule has 0 saturated carbocycles. The maximum atomic E-state index is 11.1. The molecular formula is C10H13N3O3. The summed E-state index contributed by atoms with van der Waals surface area (Å²) < 4.78 is 6.14. The highest BCUT2D eigenvalue weighted by Gasteiger charge is 2.06. The maximum absolute atomic E-state index is 11.1. The van der Waals surface area contributed by atoms with Crippen molar-refractivity contribution in [3.05, 3.63) is 24.9 Å². The number of hydrogen-bond acceptors (Lipinski definition) is 4. The summed E-state index contributed by atoms with van der Waals surface area (Å²) in [5, 5.41) is 6.43. The minimum absolute atomic E-state index is 0.0256. The van der Waals surface area contributed by atoms with Crippen LogP contribution in [0.1, 0.15) is 6.92 Å². The van der Waals surface area contributed by atoms with Gasteiger partial charge in [0.15, 0.2) is 5.82 Å². The average molecular weight is 223 g/mol. The molecule has 1 N–H and O–H groups in total. The zero-order valence-electron chi connectivity index (χ0n) is 8.97. The molecular weight excluding hydrogens is 210 g/mol. The molecule has 0 saturated heterocycles. The molecule has 1 aromatic heterocycles. The smallest absolute Gasteiger partial charge is 0.327 e. The third-order valence-electron chi connectivity index (χ3n) is 1.67. The van der Waals surface area contributed by atoms with Gasteiger partial charge in [-0.2, -0.15) is 5.10 Å². The van der Waals surface area contributed by atoms with Crippen LogP contribution in [-0.2, 0) is 20.9 Å². The topological polar surface area (TPSA) is 73.2 Å². The Bertz CT molecular complexity index is 398. The van der Waals surface area contributed by atoms with E-state index in [0.29, 0.717) is 12.4 Å². The van der Waals surface area contributed by atoms with Crippen molar-refractivity contribution in [3.63, 3.8) is 0 Å². The quantitative estimate of drug-likeness (QED) is 0.585. The van der Waals surface area contributed by atoms with Gasteiger partial charge in [0.1, 0.15) is 6.54 Å². The third kappa shape index (κ3) is 3.56. The van der Waals surface area contributed by atoms with Gasteiger partial charge in [-0.25, -0.2) is 0 Å². The molecule has 0 atom stereocenters. The first-order chi connectivity index (χ1) is 7.65. The minimum atomic E-state index is -0.368. The van der Waals surface area contributed by atoms with Crippen LogP contribution in [-0.4, -0.2) is 28.3 Å². The fourth-order valence-corrected chi connectivity index (χ4v) is 1.03. The summed E-state index contributed by atoms with van der Waals surface area (Å²) in [5.41, 5.74) is 0. The first-order valence-electron chi connectivity index (χ1n) is 4.78. The molecule has 6 heteroatoms. The van der Waals surface area contributed by atoms with Crippen LogP contribution in [0.25, 0.3) is 0 Å². The van der Waals surface area contributed by atoms with Crippen LogP contribution in [0.15, 0.2) is 24.9 Å². The van der Waals surface area contributed by atoms with Gasteiger partial charge in [-0.3, -0.25) is 14.3 Å². The second-order valence-electron chi connectivity index (χ2n) is 2.90. The molecule has 0 spiro atoms. The van der Waals surface area contributed by atoms with E-state index < -0.39 is 0 Å². The Balaban J connectivity index is 2.54. The van der Waals surface area contributed by atoms with E-state index >= 15 is 0 Å². The van der Waals surface area contributed by atoms with Crippen LogP contribution in [0.5, 0.6) is 0 Å².